The smallest absolute Gasteiger partial charge is 0.257 e. The van der Waals surface area contributed by atoms with E-state index in [1.165, 1.54) is 18.3 Å². The highest BCUT2D eigenvalue weighted by Crippen LogP contribution is 2.12. The summed E-state index contributed by atoms with van der Waals surface area (Å²) in [6.07, 6.45) is 3.61. The van der Waals surface area contributed by atoms with E-state index in [9.17, 15) is 14.0 Å². The zero-order valence-electron chi connectivity index (χ0n) is 18.0. The number of benzene rings is 2. The number of unbranched alkanes of at least 4 members (excludes halogenated alkanes) is 1. The van der Waals surface area contributed by atoms with Gasteiger partial charge in [0, 0.05) is 25.2 Å². The van der Waals surface area contributed by atoms with Crippen molar-refractivity contribution >= 4 is 18.0 Å². The largest absolute Gasteiger partial charge is 0.379 e. The SMILES string of the molecule is O=C(NCCCC[C@H](C(=O)N/N=C/c1cccc(F)c1)N1CCOCC1)c1ccccc1. The van der Waals surface area contributed by atoms with E-state index in [2.05, 4.69) is 20.7 Å². The quantitative estimate of drug-likeness (QED) is 0.338. The topological polar surface area (TPSA) is 83.0 Å². The normalized spacial score (nSPS) is 15.4. The van der Waals surface area contributed by atoms with E-state index in [1.807, 2.05) is 18.2 Å². The maximum atomic E-state index is 13.3. The van der Waals surface area contributed by atoms with Crippen molar-refractivity contribution in [1.29, 1.82) is 0 Å². The Kier molecular flexibility index (Phi) is 9.34. The van der Waals surface area contributed by atoms with Crippen LogP contribution in [0.15, 0.2) is 59.7 Å². The first-order valence-electron chi connectivity index (χ1n) is 10.9. The lowest BCUT2D eigenvalue weighted by Crippen LogP contribution is -2.50. The average molecular weight is 441 g/mol. The minimum absolute atomic E-state index is 0.0974. The molecule has 0 radical (unpaired) electrons. The summed E-state index contributed by atoms with van der Waals surface area (Å²) in [5.74, 6) is -0.654. The predicted molar refractivity (Wildman–Crippen MR) is 121 cm³/mol. The van der Waals surface area contributed by atoms with Gasteiger partial charge in [-0.3, -0.25) is 14.5 Å². The average Bonchev–Trinajstić information content (AvgIpc) is 2.82. The zero-order chi connectivity index (χ0) is 22.6. The molecule has 1 fully saturated rings. The maximum absolute atomic E-state index is 13.3. The van der Waals surface area contributed by atoms with Gasteiger partial charge in [-0.15, -0.1) is 0 Å². The molecule has 0 unspecified atom stereocenters. The molecule has 1 atom stereocenters. The molecule has 0 aromatic heterocycles. The Morgan fingerprint density at radius 3 is 2.62 bits per heavy atom. The highest BCUT2D eigenvalue weighted by Gasteiger charge is 2.26. The Hall–Kier alpha value is -3.10. The number of hydrogen-bond acceptors (Lipinski definition) is 5. The lowest BCUT2D eigenvalue weighted by molar-refractivity contribution is -0.128. The monoisotopic (exact) mass is 440 g/mol. The Balaban J connectivity index is 1.47. The second-order valence-electron chi connectivity index (χ2n) is 7.57. The summed E-state index contributed by atoms with van der Waals surface area (Å²) in [5, 5.41) is 6.90. The summed E-state index contributed by atoms with van der Waals surface area (Å²) in [7, 11) is 0. The third-order valence-electron chi connectivity index (χ3n) is 5.25. The van der Waals surface area contributed by atoms with Gasteiger partial charge in [-0.05, 0) is 49.1 Å². The molecule has 0 aliphatic carbocycles. The van der Waals surface area contributed by atoms with Crippen LogP contribution < -0.4 is 10.7 Å². The summed E-state index contributed by atoms with van der Waals surface area (Å²) in [5.41, 5.74) is 3.79. The summed E-state index contributed by atoms with van der Waals surface area (Å²) >= 11 is 0. The molecule has 1 aliphatic rings. The lowest BCUT2D eigenvalue weighted by atomic mass is 10.1. The van der Waals surface area contributed by atoms with E-state index >= 15 is 0 Å². The van der Waals surface area contributed by atoms with Crippen LogP contribution in [0.3, 0.4) is 0 Å². The molecule has 1 saturated heterocycles. The molecular formula is C24H29FN4O3. The van der Waals surface area contributed by atoms with Gasteiger partial charge >= 0.3 is 0 Å². The molecule has 0 bridgehead atoms. The summed E-state index contributed by atoms with van der Waals surface area (Å²) in [4.78, 5) is 27.0. The van der Waals surface area contributed by atoms with Gasteiger partial charge in [0.2, 0.25) is 0 Å². The number of carbonyl (C=O) groups excluding carboxylic acids is 2. The van der Waals surface area contributed by atoms with E-state index in [0.717, 1.165) is 12.8 Å². The van der Waals surface area contributed by atoms with Gasteiger partial charge in [-0.2, -0.15) is 5.10 Å². The zero-order valence-corrected chi connectivity index (χ0v) is 18.0. The van der Waals surface area contributed by atoms with Crippen molar-refractivity contribution in [2.45, 2.75) is 25.3 Å². The van der Waals surface area contributed by atoms with Crippen LogP contribution in [0.25, 0.3) is 0 Å². The predicted octanol–water partition coefficient (Wildman–Crippen LogP) is 2.58. The standard InChI is InChI=1S/C24H29FN4O3/c25-21-10-6-7-19(17-21)18-27-28-24(31)22(29-13-15-32-16-14-29)11-4-5-12-26-23(30)20-8-2-1-3-9-20/h1-3,6-10,17-18,22H,4-5,11-16H2,(H,26,30)(H,28,31)/b27-18+/t22-/m1/s1. The van der Waals surface area contributed by atoms with E-state index in [0.29, 0.717) is 50.4 Å². The van der Waals surface area contributed by atoms with Crippen LogP contribution in [0, 0.1) is 5.82 Å². The number of hydrogen-bond donors (Lipinski definition) is 2. The lowest BCUT2D eigenvalue weighted by Gasteiger charge is -2.33. The Morgan fingerprint density at radius 2 is 1.88 bits per heavy atom. The van der Waals surface area contributed by atoms with E-state index < -0.39 is 0 Å². The van der Waals surface area contributed by atoms with Crippen LogP contribution in [0.4, 0.5) is 4.39 Å². The fourth-order valence-corrected chi connectivity index (χ4v) is 3.56. The number of carbonyl (C=O) groups is 2. The molecule has 1 heterocycles. The van der Waals surface area contributed by atoms with Crippen LogP contribution >= 0.6 is 0 Å². The number of ether oxygens (including phenoxy) is 1. The molecule has 2 aromatic carbocycles. The fraction of sp³-hybridized carbons (Fsp3) is 0.375. The van der Waals surface area contributed by atoms with Crippen LogP contribution in [-0.4, -0.2) is 61.8 Å². The molecule has 2 aromatic rings. The van der Waals surface area contributed by atoms with Crippen LogP contribution in [0.2, 0.25) is 0 Å². The van der Waals surface area contributed by atoms with Gasteiger partial charge in [0.25, 0.3) is 11.8 Å². The number of hydrazone groups is 1. The van der Waals surface area contributed by atoms with Gasteiger partial charge in [0.15, 0.2) is 0 Å². The number of rotatable bonds is 10. The molecule has 170 valence electrons. The molecule has 0 spiro atoms. The van der Waals surface area contributed by atoms with Crippen molar-refractivity contribution in [3.05, 3.63) is 71.5 Å². The second kappa shape index (κ2) is 12.7. The molecule has 0 saturated carbocycles. The van der Waals surface area contributed by atoms with E-state index in [1.54, 1.807) is 24.3 Å². The van der Waals surface area contributed by atoms with Gasteiger partial charge in [0.05, 0.1) is 25.5 Å². The molecular weight excluding hydrogens is 411 g/mol. The third kappa shape index (κ3) is 7.55. The number of amides is 2. The van der Waals surface area contributed by atoms with Crippen molar-refractivity contribution in [3.8, 4) is 0 Å². The molecule has 2 N–H and O–H groups in total. The van der Waals surface area contributed by atoms with Gasteiger partial charge < -0.3 is 10.1 Å². The summed E-state index contributed by atoms with van der Waals surface area (Å²) in [6.45, 7) is 3.07. The van der Waals surface area contributed by atoms with E-state index in [-0.39, 0.29) is 23.7 Å². The second-order valence-corrected chi connectivity index (χ2v) is 7.57. The number of halogens is 1. The highest BCUT2D eigenvalue weighted by molar-refractivity contribution is 5.94. The third-order valence-corrected chi connectivity index (χ3v) is 5.25. The van der Waals surface area contributed by atoms with Crippen molar-refractivity contribution < 1.29 is 18.7 Å². The van der Waals surface area contributed by atoms with Crippen molar-refractivity contribution in [3.63, 3.8) is 0 Å². The molecule has 8 heteroatoms. The minimum atomic E-state index is -0.356. The number of nitrogens with one attached hydrogen (secondary N) is 2. The molecule has 3 rings (SSSR count). The van der Waals surface area contributed by atoms with Crippen LogP contribution in [0.1, 0.15) is 35.2 Å². The first-order chi connectivity index (χ1) is 15.6. The Bertz CT molecular complexity index is 901. The van der Waals surface area contributed by atoms with Crippen molar-refractivity contribution in [2.75, 3.05) is 32.8 Å². The Labute approximate surface area is 187 Å². The summed E-state index contributed by atoms with van der Waals surface area (Å²) < 4.78 is 18.7. The molecule has 32 heavy (non-hydrogen) atoms. The van der Waals surface area contributed by atoms with Crippen molar-refractivity contribution in [1.82, 2.24) is 15.6 Å². The van der Waals surface area contributed by atoms with Crippen LogP contribution in [0.5, 0.6) is 0 Å². The summed E-state index contributed by atoms with van der Waals surface area (Å²) in [6, 6.07) is 14.7. The molecule has 2 amide bonds. The number of nitrogens with zero attached hydrogens (tertiary/aromatic N) is 2. The first-order valence-corrected chi connectivity index (χ1v) is 10.9. The number of morpholine rings is 1. The fourth-order valence-electron chi connectivity index (χ4n) is 3.56. The van der Waals surface area contributed by atoms with E-state index in [4.69, 9.17) is 4.74 Å². The van der Waals surface area contributed by atoms with Gasteiger partial charge in [-0.1, -0.05) is 30.3 Å². The molecule has 1 aliphatic heterocycles. The van der Waals surface area contributed by atoms with Crippen molar-refractivity contribution in [2.24, 2.45) is 5.10 Å². The highest BCUT2D eigenvalue weighted by atomic mass is 19.1. The maximum Gasteiger partial charge on any atom is 0.257 e. The van der Waals surface area contributed by atoms with Gasteiger partial charge in [-0.25, -0.2) is 9.82 Å². The first kappa shape index (κ1) is 23.6. The Morgan fingerprint density at radius 1 is 1.09 bits per heavy atom. The molecule has 7 nitrogen and oxygen atoms in total. The minimum Gasteiger partial charge on any atom is -0.379 e. The van der Waals surface area contributed by atoms with Gasteiger partial charge in [0.1, 0.15) is 5.82 Å². The van der Waals surface area contributed by atoms with Crippen LogP contribution in [-0.2, 0) is 9.53 Å².